The highest BCUT2D eigenvalue weighted by atomic mass is 32.1. The lowest BCUT2D eigenvalue weighted by molar-refractivity contribution is -0.380. The van der Waals surface area contributed by atoms with Crippen LogP contribution in [-0.4, -0.2) is 15.8 Å². The summed E-state index contributed by atoms with van der Waals surface area (Å²) in [6, 6.07) is 2.94. The third-order valence-corrected chi connectivity index (χ3v) is 2.42. The summed E-state index contributed by atoms with van der Waals surface area (Å²) in [4.78, 5) is 10.4. The molecule has 1 rings (SSSR count). The first-order chi connectivity index (χ1) is 5.65. The van der Waals surface area contributed by atoms with Crippen molar-refractivity contribution in [2.75, 3.05) is 0 Å². The fourth-order valence-corrected chi connectivity index (χ4v) is 1.43. The highest BCUT2D eigenvalue weighted by molar-refractivity contribution is 7.17. The van der Waals surface area contributed by atoms with Gasteiger partial charge in [-0.05, 0) is 13.0 Å². The van der Waals surface area contributed by atoms with Crippen molar-refractivity contribution >= 4 is 22.0 Å². The molecule has 0 unspecified atom stereocenters. The lowest BCUT2D eigenvalue weighted by Gasteiger charge is -1.87. The minimum absolute atomic E-state index is 0.0491. The quantitative estimate of drug-likeness (QED) is 0.331. The Kier molecular flexibility index (Phi) is 2.39. The van der Waals surface area contributed by atoms with Crippen LogP contribution in [0.2, 0.25) is 0 Å². The van der Waals surface area contributed by atoms with E-state index in [9.17, 15) is 10.1 Å². The molecule has 5 nitrogen and oxygen atoms in total. The zero-order chi connectivity index (χ0) is 9.14. The van der Waals surface area contributed by atoms with Crippen LogP contribution >= 0.6 is 11.3 Å². The Morgan fingerprint density at radius 3 is 2.83 bits per heavy atom. The van der Waals surface area contributed by atoms with Crippen LogP contribution in [0.5, 0.6) is 0 Å². The van der Waals surface area contributed by atoms with Crippen molar-refractivity contribution in [1.29, 1.82) is 0 Å². The maximum atomic E-state index is 10.2. The Morgan fingerprint density at radius 2 is 2.42 bits per heavy atom. The Balaban J connectivity index is 2.99. The van der Waals surface area contributed by atoms with E-state index in [1.54, 1.807) is 13.0 Å². The first-order valence-electron chi connectivity index (χ1n) is 3.08. The molecule has 0 aliphatic rings. The molecule has 0 bridgehead atoms. The van der Waals surface area contributed by atoms with E-state index in [1.165, 1.54) is 6.07 Å². The largest absolute Gasteiger partial charge is 0.411 e. The summed E-state index contributed by atoms with van der Waals surface area (Å²) in [5.74, 6) is 0. The fraction of sp³-hybridized carbons (Fsp3) is 0.167. The number of oxime groups is 1. The molecule has 0 atom stereocenters. The molecule has 1 N–H and O–H groups in total. The van der Waals surface area contributed by atoms with Crippen LogP contribution < -0.4 is 0 Å². The summed E-state index contributed by atoms with van der Waals surface area (Å²) in [6.45, 7) is 1.58. The number of rotatable bonds is 2. The van der Waals surface area contributed by atoms with Crippen LogP contribution in [0.15, 0.2) is 17.3 Å². The molecule has 0 aliphatic heterocycles. The smallest absolute Gasteiger partial charge is 0.324 e. The molecule has 0 saturated heterocycles. The van der Waals surface area contributed by atoms with Gasteiger partial charge in [0.2, 0.25) is 0 Å². The third kappa shape index (κ3) is 1.59. The highest BCUT2D eigenvalue weighted by Crippen LogP contribution is 2.24. The fourth-order valence-electron chi connectivity index (χ4n) is 0.670. The van der Waals surface area contributed by atoms with Gasteiger partial charge in [-0.2, -0.15) is 0 Å². The zero-order valence-corrected chi connectivity index (χ0v) is 7.04. The minimum atomic E-state index is -0.473. The average Bonchev–Trinajstić information content (AvgIpc) is 2.51. The van der Waals surface area contributed by atoms with Crippen LogP contribution in [0.3, 0.4) is 0 Å². The van der Waals surface area contributed by atoms with Crippen LogP contribution in [-0.2, 0) is 0 Å². The number of nitro groups is 1. The maximum Gasteiger partial charge on any atom is 0.324 e. The van der Waals surface area contributed by atoms with Gasteiger partial charge < -0.3 is 5.21 Å². The summed E-state index contributed by atoms with van der Waals surface area (Å²) in [5, 5.41) is 21.6. The van der Waals surface area contributed by atoms with Crippen LogP contribution in [0.25, 0.3) is 0 Å². The second kappa shape index (κ2) is 3.31. The molecule has 0 saturated carbocycles. The predicted molar refractivity (Wildman–Crippen MR) is 45.0 cm³/mol. The molecule has 0 spiro atoms. The monoisotopic (exact) mass is 186 g/mol. The van der Waals surface area contributed by atoms with Crippen molar-refractivity contribution in [3.05, 3.63) is 27.1 Å². The van der Waals surface area contributed by atoms with Crippen LogP contribution in [0, 0.1) is 10.1 Å². The molecular formula is C6H6N2O3S. The Bertz CT molecular complexity index is 331. The van der Waals surface area contributed by atoms with Crippen molar-refractivity contribution in [1.82, 2.24) is 0 Å². The summed E-state index contributed by atoms with van der Waals surface area (Å²) in [7, 11) is 0. The molecular weight excluding hydrogens is 180 g/mol. The van der Waals surface area contributed by atoms with E-state index in [4.69, 9.17) is 5.21 Å². The Morgan fingerprint density at radius 1 is 1.75 bits per heavy atom. The van der Waals surface area contributed by atoms with Gasteiger partial charge in [-0.1, -0.05) is 16.5 Å². The van der Waals surface area contributed by atoms with E-state index in [0.29, 0.717) is 10.6 Å². The van der Waals surface area contributed by atoms with E-state index in [1.807, 2.05) is 0 Å². The average molecular weight is 186 g/mol. The molecule has 6 heteroatoms. The number of hydrogen-bond acceptors (Lipinski definition) is 5. The van der Waals surface area contributed by atoms with Gasteiger partial charge in [-0.15, -0.1) is 0 Å². The van der Waals surface area contributed by atoms with Crippen molar-refractivity contribution in [2.24, 2.45) is 5.16 Å². The van der Waals surface area contributed by atoms with E-state index >= 15 is 0 Å². The molecule has 0 aliphatic carbocycles. The van der Waals surface area contributed by atoms with Crippen molar-refractivity contribution < 1.29 is 10.1 Å². The summed E-state index contributed by atoms with van der Waals surface area (Å²) in [5.41, 5.74) is 0.383. The SMILES string of the molecule is CC(=NO)c1ccc([N+](=O)[O-])s1. The second-order valence-electron chi connectivity index (χ2n) is 2.08. The zero-order valence-electron chi connectivity index (χ0n) is 6.22. The first-order valence-corrected chi connectivity index (χ1v) is 3.90. The molecule has 64 valence electrons. The minimum Gasteiger partial charge on any atom is -0.411 e. The lowest BCUT2D eigenvalue weighted by Crippen LogP contribution is -1.88. The van der Waals surface area contributed by atoms with Gasteiger partial charge in [0.1, 0.15) is 0 Å². The van der Waals surface area contributed by atoms with Crippen LogP contribution in [0.4, 0.5) is 5.00 Å². The van der Waals surface area contributed by atoms with Crippen molar-refractivity contribution in [3.63, 3.8) is 0 Å². The highest BCUT2D eigenvalue weighted by Gasteiger charge is 2.10. The predicted octanol–water partition coefficient (Wildman–Crippen LogP) is 1.85. The molecule has 0 amide bonds. The summed E-state index contributed by atoms with van der Waals surface area (Å²) in [6.07, 6.45) is 0. The normalized spacial score (nSPS) is 11.6. The van der Waals surface area contributed by atoms with Gasteiger partial charge >= 0.3 is 5.00 Å². The van der Waals surface area contributed by atoms with E-state index in [0.717, 1.165) is 11.3 Å². The standard InChI is InChI=1S/C6H6N2O3S/c1-4(7-9)5-2-3-6(12-5)8(10)11/h2-3,9H,1H3. The molecule has 0 radical (unpaired) electrons. The second-order valence-corrected chi connectivity index (χ2v) is 3.14. The molecule has 12 heavy (non-hydrogen) atoms. The van der Waals surface area contributed by atoms with Gasteiger partial charge in [-0.3, -0.25) is 10.1 Å². The van der Waals surface area contributed by atoms with Gasteiger partial charge in [0.05, 0.1) is 15.5 Å². The topological polar surface area (TPSA) is 75.7 Å². The molecule has 1 aromatic heterocycles. The van der Waals surface area contributed by atoms with Crippen LogP contribution in [0.1, 0.15) is 11.8 Å². The molecule has 1 heterocycles. The van der Waals surface area contributed by atoms with Gasteiger partial charge in [-0.25, -0.2) is 0 Å². The first kappa shape index (κ1) is 8.66. The lowest BCUT2D eigenvalue weighted by atomic mass is 10.3. The van der Waals surface area contributed by atoms with Gasteiger partial charge in [0.25, 0.3) is 0 Å². The third-order valence-electron chi connectivity index (χ3n) is 1.28. The number of hydrogen-bond donors (Lipinski definition) is 1. The summed E-state index contributed by atoms with van der Waals surface area (Å²) < 4.78 is 0. The molecule has 0 fully saturated rings. The van der Waals surface area contributed by atoms with Gasteiger partial charge in [0, 0.05) is 6.07 Å². The Labute approximate surface area is 72.1 Å². The summed E-state index contributed by atoms with van der Waals surface area (Å²) >= 11 is 0.984. The van der Waals surface area contributed by atoms with E-state index < -0.39 is 4.92 Å². The van der Waals surface area contributed by atoms with Gasteiger partial charge in [0.15, 0.2) is 0 Å². The van der Waals surface area contributed by atoms with Crippen molar-refractivity contribution in [3.8, 4) is 0 Å². The molecule has 1 aromatic rings. The number of thiophene rings is 1. The van der Waals surface area contributed by atoms with Crippen molar-refractivity contribution in [2.45, 2.75) is 6.92 Å². The Hall–Kier alpha value is -1.43. The number of nitrogens with zero attached hydrogens (tertiary/aromatic N) is 2. The maximum absolute atomic E-state index is 10.2. The van der Waals surface area contributed by atoms with E-state index in [2.05, 4.69) is 5.16 Å². The van der Waals surface area contributed by atoms with E-state index in [-0.39, 0.29) is 5.00 Å². The molecule has 0 aromatic carbocycles.